The molecule has 4 aromatic rings. The van der Waals surface area contributed by atoms with E-state index in [1.807, 2.05) is 0 Å². The topological polar surface area (TPSA) is 0 Å². The average Bonchev–Trinajstić information content (AvgIpc) is 3.04. The molecule has 0 amide bonds. The van der Waals surface area contributed by atoms with Gasteiger partial charge >= 0.3 is 0 Å². The van der Waals surface area contributed by atoms with Gasteiger partial charge in [-0.2, -0.15) is 0 Å². The van der Waals surface area contributed by atoms with Gasteiger partial charge in [0.1, 0.15) is 0 Å². The van der Waals surface area contributed by atoms with Crippen molar-refractivity contribution in [3.63, 3.8) is 0 Å². The molecule has 0 heterocycles. The second-order valence-electron chi connectivity index (χ2n) is 7.29. The molecular formula is C26H22. The summed E-state index contributed by atoms with van der Waals surface area (Å²) in [4.78, 5) is 0. The molecule has 0 unspecified atom stereocenters. The van der Waals surface area contributed by atoms with Crippen molar-refractivity contribution in [2.24, 2.45) is 0 Å². The van der Waals surface area contributed by atoms with Crippen LogP contribution in [0.15, 0.2) is 84.4 Å². The Morgan fingerprint density at radius 1 is 0.692 bits per heavy atom. The summed E-state index contributed by atoms with van der Waals surface area (Å²) in [5.74, 6) is 0. The summed E-state index contributed by atoms with van der Waals surface area (Å²) < 4.78 is 0. The lowest BCUT2D eigenvalue weighted by atomic mass is 9.90. The summed E-state index contributed by atoms with van der Waals surface area (Å²) in [6, 6.07) is 29.1. The molecule has 0 aliphatic heterocycles. The van der Waals surface area contributed by atoms with Crippen LogP contribution in [0, 0.1) is 0 Å². The number of rotatable bonds is 3. The van der Waals surface area contributed by atoms with Gasteiger partial charge in [-0.05, 0) is 68.8 Å². The van der Waals surface area contributed by atoms with Crippen molar-refractivity contribution < 1.29 is 0 Å². The molecule has 5 rings (SSSR count). The van der Waals surface area contributed by atoms with Crippen LogP contribution >= 0.6 is 0 Å². The lowest BCUT2D eigenvalue weighted by Gasteiger charge is -2.13. The van der Waals surface area contributed by atoms with Crippen molar-refractivity contribution >= 4 is 27.1 Å². The molecule has 1 aliphatic carbocycles. The monoisotopic (exact) mass is 334 g/mol. The molecule has 0 heteroatoms. The summed E-state index contributed by atoms with van der Waals surface area (Å²) in [5.41, 5.74) is 7.36. The van der Waals surface area contributed by atoms with E-state index in [0.717, 1.165) is 6.42 Å². The van der Waals surface area contributed by atoms with E-state index in [9.17, 15) is 0 Å². The maximum absolute atomic E-state index is 2.37. The molecular weight excluding hydrogens is 312 g/mol. The molecule has 0 aromatic heterocycles. The predicted molar refractivity (Wildman–Crippen MR) is 113 cm³/mol. The minimum absolute atomic E-state index is 1.10. The molecule has 0 radical (unpaired) electrons. The fraction of sp³-hybridized carbons (Fsp3) is 0.154. The van der Waals surface area contributed by atoms with E-state index in [2.05, 4.69) is 85.8 Å². The maximum Gasteiger partial charge on any atom is -0.00515 e. The fourth-order valence-corrected chi connectivity index (χ4v) is 4.46. The SMILES string of the molecule is CCCC1=C(c2cccc3cc4ccccc4cc23)c2ccccc2C1. The van der Waals surface area contributed by atoms with Gasteiger partial charge in [0.15, 0.2) is 0 Å². The van der Waals surface area contributed by atoms with E-state index in [0.29, 0.717) is 0 Å². The average molecular weight is 334 g/mol. The first-order valence-electron chi connectivity index (χ1n) is 9.57. The molecule has 1 aliphatic rings. The molecule has 0 N–H and O–H groups in total. The molecule has 126 valence electrons. The van der Waals surface area contributed by atoms with Crippen LogP contribution in [0.4, 0.5) is 0 Å². The van der Waals surface area contributed by atoms with Gasteiger partial charge in [0.2, 0.25) is 0 Å². The lowest BCUT2D eigenvalue weighted by molar-refractivity contribution is 0.884. The van der Waals surface area contributed by atoms with Crippen LogP contribution in [-0.4, -0.2) is 0 Å². The predicted octanol–water partition coefficient (Wildman–Crippen LogP) is 7.15. The van der Waals surface area contributed by atoms with Crippen molar-refractivity contribution in [2.75, 3.05) is 0 Å². The molecule has 0 atom stereocenters. The Kier molecular flexibility index (Phi) is 3.64. The smallest absolute Gasteiger partial charge is 0.00515 e. The molecule has 26 heavy (non-hydrogen) atoms. The number of fused-ring (bicyclic) bond motifs is 3. The second-order valence-corrected chi connectivity index (χ2v) is 7.29. The largest absolute Gasteiger partial charge is 0.0651 e. The lowest BCUT2D eigenvalue weighted by Crippen LogP contribution is -1.91. The van der Waals surface area contributed by atoms with Gasteiger partial charge in [-0.25, -0.2) is 0 Å². The first-order chi connectivity index (χ1) is 12.8. The van der Waals surface area contributed by atoms with Crippen LogP contribution in [0.3, 0.4) is 0 Å². The molecule has 4 aromatic carbocycles. The van der Waals surface area contributed by atoms with E-state index >= 15 is 0 Å². The summed E-state index contributed by atoms with van der Waals surface area (Å²) in [6.07, 6.45) is 3.47. The third-order valence-corrected chi connectivity index (χ3v) is 5.61. The number of benzene rings is 4. The van der Waals surface area contributed by atoms with Crippen LogP contribution in [-0.2, 0) is 6.42 Å². The molecule has 0 spiro atoms. The van der Waals surface area contributed by atoms with E-state index in [-0.39, 0.29) is 0 Å². The zero-order chi connectivity index (χ0) is 17.5. The second kappa shape index (κ2) is 6.14. The normalized spacial score (nSPS) is 13.6. The van der Waals surface area contributed by atoms with E-state index < -0.39 is 0 Å². The highest BCUT2D eigenvalue weighted by atomic mass is 14.3. The minimum Gasteiger partial charge on any atom is -0.0651 e. The van der Waals surface area contributed by atoms with E-state index in [1.165, 1.54) is 56.6 Å². The number of hydrogen-bond acceptors (Lipinski definition) is 0. The van der Waals surface area contributed by atoms with Crippen molar-refractivity contribution in [3.8, 4) is 0 Å². The molecule has 0 saturated carbocycles. The van der Waals surface area contributed by atoms with Crippen LogP contribution in [0.25, 0.3) is 27.1 Å². The van der Waals surface area contributed by atoms with Crippen LogP contribution < -0.4 is 0 Å². The van der Waals surface area contributed by atoms with Gasteiger partial charge in [-0.3, -0.25) is 0 Å². The van der Waals surface area contributed by atoms with Gasteiger partial charge in [-0.15, -0.1) is 0 Å². The third kappa shape index (κ3) is 2.37. The van der Waals surface area contributed by atoms with E-state index in [4.69, 9.17) is 0 Å². The standard InChI is InChI=1S/C26H22/c1-2-8-22-16-20-11-5-6-13-23(20)26(22)24-14-7-12-21-15-18-9-3-4-10-19(18)17-25(21)24/h3-7,9-15,17H,2,8,16H2,1H3. The fourth-order valence-electron chi connectivity index (χ4n) is 4.46. The Balaban J connectivity index is 1.82. The van der Waals surface area contributed by atoms with E-state index in [1.54, 1.807) is 5.57 Å². The van der Waals surface area contributed by atoms with Gasteiger partial charge in [0, 0.05) is 0 Å². The van der Waals surface area contributed by atoms with Crippen molar-refractivity contribution in [2.45, 2.75) is 26.2 Å². The third-order valence-electron chi connectivity index (χ3n) is 5.61. The van der Waals surface area contributed by atoms with Crippen molar-refractivity contribution in [3.05, 3.63) is 101 Å². The summed E-state index contributed by atoms with van der Waals surface area (Å²) >= 11 is 0. The molecule has 0 fully saturated rings. The van der Waals surface area contributed by atoms with Crippen LogP contribution in [0.1, 0.15) is 36.5 Å². The quantitative estimate of drug-likeness (QED) is 0.349. The highest BCUT2D eigenvalue weighted by Gasteiger charge is 2.23. The van der Waals surface area contributed by atoms with Crippen molar-refractivity contribution in [1.82, 2.24) is 0 Å². The Hall–Kier alpha value is -2.86. The van der Waals surface area contributed by atoms with Crippen LogP contribution in [0.2, 0.25) is 0 Å². The zero-order valence-corrected chi connectivity index (χ0v) is 15.1. The zero-order valence-electron chi connectivity index (χ0n) is 15.1. The Labute approximate surface area is 154 Å². The summed E-state index contributed by atoms with van der Waals surface area (Å²) in [5, 5.41) is 5.32. The summed E-state index contributed by atoms with van der Waals surface area (Å²) in [7, 11) is 0. The first-order valence-corrected chi connectivity index (χ1v) is 9.57. The Morgan fingerprint density at radius 3 is 2.23 bits per heavy atom. The Bertz CT molecular complexity index is 1160. The van der Waals surface area contributed by atoms with Crippen LogP contribution in [0.5, 0.6) is 0 Å². The van der Waals surface area contributed by atoms with Crippen molar-refractivity contribution in [1.29, 1.82) is 0 Å². The van der Waals surface area contributed by atoms with Gasteiger partial charge in [0.05, 0.1) is 0 Å². The number of hydrogen-bond donors (Lipinski definition) is 0. The highest BCUT2D eigenvalue weighted by molar-refractivity contribution is 6.06. The van der Waals surface area contributed by atoms with Gasteiger partial charge in [-0.1, -0.05) is 85.6 Å². The first kappa shape index (κ1) is 15.4. The van der Waals surface area contributed by atoms with Gasteiger partial charge < -0.3 is 0 Å². The van der Waals surface area contributed by atoms with Gasteiger partial charge in [0.25, 0.3) is 0 Å². The Morgan fingerprint density at radius 2 is 1.38 bits per heavy atom. The molecule has 0 bridgehead atoms. The highest BCUT2D eigenvalue weighted by Crippen LogP contribution is 2.42. The minimum atomic E-state index is 1.10. The summed E-state index contributed by atoms with van der Waals surface area (Å²) in [6.45, 7) is 2.28. The molecule has 0 nitrogen and oxygen atoms in total. The number of allylic oxidation sites excluding steroid dienone is 1. The maximum atomic E-state index is 2.37. The molecule has 0 saturated heterocycles.